The highest BCUT2D eigenvalue weighted by atomic mass is 79.9. The Hall–Kier alpha value is -0.930. The number of carbonyl (C=O) groups is 1. The first-order valence-corrected chi connectivity index (χ1v) is 6.11. The van der Waals surface area contributed by atoms with Gasteiger partial charge in [0.1, 0.15) is 6.04 Å². The van der Waals surface area contributed by atoms with E-state index in [9.17, 15) is 4.79 Å². The van der Waals surface area contributed by atoms with Gasteiger partial charge in [0.2, 0.25) is 0 Å². The van der Waals surface area contributed by atoms with Crippen LogP contribution in [0.15, 0.2) is 43.0 Å². The number of halogens is 1. The SMILES string of the molecule is C=CCC[C@H]1[C@H](C(=O)c2ccccc2)N1Br. The second-order valence-corrected chi connectivity index (χ2v) is 4.77. The van der Waals surface area contributed by atoms with Crippen LogP contribution in [0.3, 0.4) is 0 Å². The standard InChI is InChI=1S/C13H14BrNO/c1-2-3-9-11-12(15(11)14)13(16)10-7-5-4-6-8-10/h2,4-8,11-12H,1,3,9H2/t11-,12+,15?/m0/s1. The zero-order chi connectivity index (χ0) is 11.5. The molecule has 1 fully saturated rings. The van der Waals surface area contributed by atoms with Crippen LogP contribution >= 0.6 is 16.1 Å². The predicted molar refractivity (Wildman–Crippen MR) is 68.5 cm³/mol. The third-order valence-corrected chi connectivity index (χ3v) is 3.82. The Morgan fingerprint density at radius 1 is 1.44 bits per heavy atom. The van der Waals surface area contributed by atoms with Gasteiger partial charge in [0.15, 0.2) is 5.78 Å². The van der Waals surface area contributed by atoms with Crippen LogP contribution in [-0.4, -0.2) is 21.8 Å². The molecule has 0 N–H and O–H groups in total. The summed E-state index contributed by atoms with van der Waals surface area (Å²) in [6.07, 6.45) is 3.83. The highest BCUT2D eigenvalue weighted by Gasteiger charge is 2.50. The molecule has 84 valence electrons. The molecule has 0 radical (unpaired) electrons. The minimum atomic E-state index is 0.00218. The summed E-state index contributed by atoms with van der Waals surface area (Å²) >= 11 is 3.42. The highest BCUT2D eigenvalue weighted by Crippen LogP contribution is 2.37. The van der Waals surface area contributed by atoms with E-state index < -0.39 is 0 Å². The van der Waals surface area contributed by atoms with Gasteiger partial charge >= 0.3 is 0 Å². The van der Waals surface area contributed by atoms with Crippen molar-refractivity contribution in [1.29, 1.82) is 0 Å². The Labute approximate surface area is 104 Å². The molecule has 1 aliphatic heterocycles. The third-order valence-electron chi connectivity index (χ3n) is 2.85. The van der Waals surface area contributed by atoms with E-state index >= 15 is 0 Å². The quantitative estimate of drug-likeness (QED) is 0.357. The Bertz CT molecular complexity index is 390. The zero-order valence-electron chi connectivity index (χ0n) is 8.97. The van der Waals surface area contributed by atoms with E-state index in [4.69, 9.17) is 0 Å². The fraction of sp³-hybridized carbons (Fsp3) is 0.308. The molecule has 1 saturated heterocycles. The van der Waals surface area contributed by atoms with Crippen molar-refractivity contribution in [2.24, 2.45) is 0 Å². The molecule has 0 aromatic heterocycles. The van der Waals surface area contributed by atoms with Gasteiger partial charge in [-0.25, -0.2) is 3.93 Å². The van der Waals surface area contributed by atoms with Crippen LogP contribution in [0.2, 0.25) is 0 Å². The fourth-order valence-electron chi connectivity index (χ4n) is 1.88. The molecule has 0 aliphatic carbocycles. The maximum atomic E-state index is 12.1. The lowest BCUT2D eigenvalue weighted by atomic mass is 10.0. The molecule has 3 atom stereocenters. The van der Waals surface area contributed by atoms with Gasteiger partial charge in [-0.15, -0.1) is 6.58 Å². The number of carbonyl (C=O) groups excluding carboxylic acids is 1. The summed E-state index contributed by atoms with van der Waals surface area (Å²) in [5, 5.41) is 0. The van der Waals surface area contributed by atoms with Gasteiger partial charge in [0, 0.05) is 27.8 Å². The summed E-state index contributed by atoms with van der Waals surface area (Å²) in [4.78, 5) is 12.1. The van der Waals surface area contributed by atoms with Crippen LogP contribution in [0.5, 0.6) is 0 Å². The van der Waals surface area contributed by atoms with Crippen LogP contribution < -0.4 is 0 Å². The Kier molecular flexibility index (Phi) is 3.56. The smallest absolute Gasteiger partial charge is 0.182 e. The second kappa shape index (κ2) is 4.93. The van der Waals surface area contributed by atoms with E-state index in [1.165, 1.54) is 0 Å². The monoisotopic (exact) mass is 279 g/mol. The minimum absolute atomic E-state index is 0.00218. The molecule has 1 heterocycles. The molecule has 1 unspecified atom stereocenters. The van der Waals surface area contributed by atoms with Crippen LogP contribution in [0, 0.1) is 0 Å². The van der Waals surface area contributed by atoms with Crippen molar-refractivity contribution in [2.75, 3.05) is 0 Å². The third kappa shape index (κ3) is 2.25. The number of hydrogen-bond acceptors (Lipinski definition) is 2. The number of nitrogens with zero attached hydrogens (tertiary/aromatic N) is 1. The summed E-state index contributed by atoms with van der Waals surface area (Å²) < 4.78 is 1.95. The van der Waals surface area contributed by atoms with Gasteiger partial charge in [-0.1, -0.05) is 36.4 Å². The lowest BCUT2D eigenvalue weighted by Crippen LogP contribution is -2.10. The van der Waals surface area contributed by atoms with Crippen molar-refractivity contribution in [2.45, 2.75) is 24.9 Å². The number of rotatable bonds is 5. The minimum Gasteiger partial charge on any atom is -0.292 e. The van der Waals surface area contributed by atoms with Crippen LogP contribution in [0.4, 0.5) is 0 Å². The molecular formula is C13H14BrNO. The highest BCUT2D eigenvalue weighted by molar-refractivity contribution is 9.07. The average molecular weight is 280 g/mol. The van der Waals surface area contributed by atoms with Crippen molar-refractivity contribution in [3.63, 3.8) is 0 Å². The van der Waals surface area contributed by atoms with Crippen LogP contribution in [-0.2, 0) is 0 Å². The van der Waals surface area contributed by atoms with Crippen molar-refractivity contribution in [3.05, 3.63) is 48.6 Å². The van der Waals surface area contributed by atoms with Gasteiger partial charge in [0.05, 0.1) is 0 Å². The number of Topliss-reactive ketones (excluding diaryl/α,β-unsaturated/α-hetero) is 1. The van der Waals surface area contributed by atoms with Crippen LogP contribution in [0.25, 0.3) is 0 Å². The van der Waals surface area contributed by atoms with E-state index in [2.05, 4.69) is 22.7 Å². The normalized spacial score (nSPS) is 27.4. The molecule has 1 aliphatic rings. The zero-order valence-corrected chi connectivity index (χ0v) is 10.6. The molecule has 1 aromatic carbocycles. The number of ketones is 1. The average Bonchev–Trinajstić information content (AvgIpc) is 2.97. The van der Waals surface area contributed by atoms with Gasteiger partial charge in [-0.3, -0.25) is 4.79 Å². The van der Waals surface area contributed by atoms with Crippen molar-refractivity contribution in [1.82, 2.24) is 3.93 Å². The Morgan fingerprint density at radius 3 is 2.75 bits per heavy atom. The van der Waals surface area contributed by atoms with Crippen molar-refractivity contribution in [3.8, 4) is 0 Å². The van der Waals surface area contributed by atoms with Gasteiger partial charge < -0.3 is 0 Å². The molecule has 1 aromatic rings. The van der Waals surface area contributed by atoms with Crippen molar-refractivity contribution >= 4 is 21.9 Å². The molecule has 3 heteroatoms. The maximum absolute atomic E-state index is 12.1. The molecule has 2 nitrogen and oxygen atoms in total. The molecular weight excluding hydrogens is 266 g/mol. The Balaban J connectivity index is 2.00. The molecule has 0 bridgehead atoms. The lowest BCUT2D eigenvalue weighted by molar-refractivity contribution is 0.0982. The molecule has 0 spiro atoms. The van der Waals surface area contributed by atoms with Gasteiger partial charge in [-0.05, 0) is 12.8 Å². The summed E-state index contributed by atoms with van der Waals surface area (Å²) in [7, 11) is 0. The fourth-order valence-corrected chi connectivity index (χ4v) is 2.66. The molecule has 0 amide bonds. The van der Waals surface area contributed by atoms with Gasteiger partial charge in [-0.2, -0.15) is 0 Å². The number of benzene rings is 1. The topological polar surface area (TPSA) is 20.1 Å². The van der Waals surface area contributed by atoms with Crippen LogP contribution in [0.1, 0.15) is 23.2 Å². The van der Waals surface area contributed by atoms with E-state index in [1.54, 1.807) is 0 Å². The molecule has 0 saturated carbocycles. The summed E-state index contributed by atoms with van der Waals surface area (Å²) in [5.74, 6) is 0.200. The first-order valence-electron chi connectivity index (χ1n) is 5.40. The van der Waals surface area contributed by atoms with Gasteiger partial charge in [0.25, 0.3) is 0 Å². The molecule has 16 heavy (non-hydrogen) atoms. The van der Waals surface area contributed by atoms with E-state index in [0.717, 1.165) is 18.4 Å². The first-order chi connectivity index (χ1) is 7.75. The largest absolute Gasteiger partial charge is 0.292 e. The Morgan fingerprint density at radius 2 is 2.12 bits per heavy atom. The second-order valence-electron chi connectivity index (χ2n) is 3.95. The van der Waals surface area contributed by atoms with E-state index in [-0.39, 0.29) is 11.8 Å². The first kappa shape index (κ1) is 11.6. The van der Waals surface area contributed by atoms with E-state index in [0.29, 0.717) is 6.04 Å². The lowest BCUT2D eigenvalue weighted by Gasteiger charge is -1.97. The molecule has 2 rings (SSSR count). The summed E-state index contributed by atoms with van der Waals surface area (Å²) in [6, 6.07) is 9.77. The predicted octanol–water partition coefficient (Wildman–Crippen LogP) is 3.20. The summed E-state index contributed by atoms with van der Waals surface area (Å²) in [5.41, 5.74) is 0.790. The number of hydrogen-bond donors (Lipinski definition) is 0. The van der Waals surface area contributed by atoms with E-state index in [1.807, 2.05) is 40.3 Å². The summed E-state index contributed by atoms with van der Waals surface area (Å²) in [6.45, 7) is 3.69. The maximum Gasteiger partial charge on any atom is 0.182 e. The number of allylic oxidation sites excluding steroid dienone is 1. The van der Waals surface area contributed by atoms with Crippen molar-refractivity contribution < 1.29 is 4.79 Å².